The van der Waals surface area contributed by atoms with Crippen molar-refractivity contribution in [3.8, 4) is 5.75 Å². The second kappa shape index (κ2) is 9.40. The topological polar surface area (TPSA) is 89.4 Å². The van der Waals surface area contributed by atoms with Gasteiger partial charge in [0.2, 0.25) is 0 Å². The van der Waals surface area contributed by atoms with Gasteiger partial charge in [-0.05, 0) is 48.9 Å². The average Bonchev–Trinajstić information content (AvgIpc) is 3.04. The zero-order valence-corrected chi connectivity index (χ0v) is 17.0. The van der Waals surface area contributed by atoms with Gasteiger partial charge in [0.15, 0.2) is 0 Å². The third-order valence-electron chi connectivity index (χ3n) is 4.03. The summed E-state index contributed by atoms with van der Waals surface area (Å²) in [6, 6.07) is 13.8. The molecular weight excluding hydrogens is 414 g/mol. The Kier molecular flexibility index (Phi) is 6.69. The number of ether oxygens (including phenoxy) is 1. The normalized spacial score (nSPS) is 10.4. The van der Waals surface area contributed by atoms with Gasteiger partial charge in [-0.2, -0.15) is 0 Å². The van der Waals surface area contributed by atoms with Crippen LogP contribution in [0.4, 0.5) is 0 Å². The summed E-state index contributed by atoms with van der Waals surface area (Å²) in [5.41, 5.74) is 6.60. The molecule has 0 radical (unpaired) electrons. The van der Waals surface area contributed by atoms with E-state index in [2.05, 4.69) is 10.9 Å². The molecule has 3 rings (SSSR count). The zero-order chi connectivity index (χ0) is 20.8. The molecule has 1 heterocycles. The fourth-order valence-corrected chi connectivity index (χ4v) is 3.29. The SMILES string of the molecule is Cc1csc(=O)n1CC(=O)NNC(=O)c1ccc(COc2ccc(Cl)cc2)cc1. The van der Waals surface area contributed by atoms with E-state index in [0.717, 1.165) is 16.9 Å². The van der Waals surface area contributed by atoms with Gasteiger partial charge in [-0.25, -0.2) is 0 Å². The van der Waals surface area contributed by atoms with Crippen molar-refractivity contribution in [3.05, 3.63) is 85.4 Å². The third kappa shape index (κ3) is 5.69. The molecule has 1 aromatic heterocycles. The summed E-state index contributed by atoms with van der Waals surface area (Å²) in [5, 5.41) is 2.31. The van der Waals surface area contributed by atoms with Crippen LogP contribution in [0.25, 0.3) is 0 Å². The molecule has 7 nitrogen and oxygen atoms in total. The van der Waals surface area contributed by atoms with Crippen molar-refractivity contribution in [1.82, 2.24) is 15.4 Å². The molecule has 0 aliphatic heterocycles. The van der Waals surface area contributed by atoms with Crippen LogP contribution in [0.1, 0.15) is 21.6 Å². The Bertz CT molecular complexity index is 1060. The van der Waals surface area contributed by atoms with E-state index in [1.165, 1.54) is 4.57 Å². The number of carbonyl (C=O) groups is 2. The molecule has 0 fully saturated rings. The van der Waals surface area contributed by atoms with Crippen LogP contribution in [0.15, 0.2) is 58.7 Å². The second-order valence-corrected chi connectivity index (χ2v) is 7.43. The van der Waals surface area contributed by atoms with E-state index in [0.29, 0.717) is 28.6 Å². The number of carbonyl (C=O) groups excluding carboxylic acids is 2. The lowest BCUT2D eigenvalue weighted by molar-refractivity contribution is -0.122. The van der Waals surface area contributed by atoms with E-state index >= 15 is 0 Å². The predicted molar refractivity (Wildman–Crippen MR) is 111 cm³/mol. The molecule has 0 saturated heterocycles. The lowest BCUT2D eigenvalue weighted by atomic mass is 10.1. The molecule has 0 saturated carbocycles. The van der Waals surface area contributed by atoms with Crippen molar-refractivity contribution in [2.75, 3.05) is 0 Å². The van der Waals surface area contributed by atoms with Crippen LogP contribution in [0.5, 0.6) is 5.75 Å². The van der Waals surface area contributed by atoms with Crippen LogP contribution in [-0.2, 0) is 17.9 Å². The number of thiazole rings is 1. The van der Waals surface area contributed by atoms with Gasteiger partial charge < -0.3 is 4.74 Å². The summed E-state index contributed by atoms with van der Waals surface area (Å²) in [6.07, 6.45) is 0. The summed E-state index contributed by atoms with van der Waals surface area (Å²) in [6.45, 7) is 1.92. The van der Waals surface area contributed by atoms with Crippen LogP contribution in [-0.4, -0.2) is 16.4 Å². The lowest BCUT2D eigenvalue weighted by Crippen LogP contribution is -2.44. The number of nitrogens with zero attached hydrogens (tertiary/aromatic N) is 1. The summed E-state index contributed by atoms with van der Waals surface area (Å²) in [7, 11) is 0. The Morgan fingerprint density at radius 1 is 1.07 bits per heavy atom. The number of hydrogen-bond acceptors (Lipinski definition) is 5. The van der Waals surface area contributed by atoms with E-state index in [4.69, 9.17) is 16.3 Å². The second-order valence-electron chi connectivity index (χ2n) is 6.17. The van der Waals surface area contributed by atoms with Gasteiger partial charge in [0.25, 0.3) is 11.8 Å². The molecule has 150 valence electrons. The summed E-state index contributed by atoms with van der Waals surface area (Å²) in [5.74, 6) is -0.258. The van der Waals surface area contributed by atoms with Gasteiger partial charge in [0.05, 0.1) is 0 Å². The van der Waals surface area contributed by atoms with Gasteiger partial charge in [-0.15, -0.1) is 0 Å². The van der Waals surface area contributed by atoms with Gasteiger partial charge in [0.1, 0.15) is 18.9 Å². The minimum atomic E-state index is -0.491. The highest BCUT2D eigenvalue weighted by atomic mass is 35.5. The fourth-order valence-electron chi connectivity index (χ4n) is 2.43. The Labute approximate surface area is 175 Å². The molecule has 0 aliphatic rings. The number of rotatable bonds is 6. The third-order valence-corrected chi connectivity index (χ3v) is 5.16. The van der Waals surface area contributed by atoms with Gasteiger partial charge in [0, 0.05) is 21.7 Å². The first-order valence-corrected chi connectivity index (χ1v) is 9.89. The molecule has 0 atom stereocenters. The smallest absolute Gasteiger partial charge is 0.307 e. The van der Waals surface area contributed by atoms with Crippen LogP contribution in [0.3, 0.4) is 0 Å². The standard InChI is InChI=1S/C20H18ClN3O4S/c1-13-12-29-20(27)24(13)10-18(25)22-23-19(26)15-4-2-14(3-5-15)11-28-17-8-6-16(21)7-9-17/h2-9,12H,10-11H2,1H3,(H,22,25)(H,23,26). The first kappa shape index (κ1) is 20.6. The zero-order valence-electron chi connectivity index (χ0n) is 15.5. The highest BCUT2D eigenvalue weighted by Crippen LogP contribution is 2.17. The summed E-state index contributed by atoms with van der Waals surface area (Å²) in [4.78, 5) is 35.5. The largest absolute Gasteiger partial charge is 0.489 e. The maximum Gasteiger partial charge on any atom is 0.307 e. The summed E-state index contributed by atoms with van der Waals surface area (Å²) >= 11 is 6.86. The molecule has 2 amide bonds. The van der Waals surface area contributed by atoms with E-state index in [-0.39, 0.29) is 11.4 Å². The molecule has 0 spiro atoms. The highest BCUT2D eigenvalue weighted by Gasteiger charge is 2.10. The molecular formula is C20H18ClN3O4S. The molecule has 3 aromatic rings. The Morgan fingerprint density at radius 2 is 1.76 bits per heavy atom. The van der Waals surface area contributed by atoms with E-state index < -0.39 is 11.8 Å². The first-order chi connectivity index (χ1) is 13.9. The minimum absolute atomic E-state index is 0.157. The van der Waals surface area contributed by atoms with Crippen molar-refractivity contribution in [2.45, 2.75) is 20.1 Å². The van der Waals surface area contributed by atoms with Crippen molar-refractivity contribution >= 4 is 34.8 Å². The average molecular weight is 432 g/mol. The maximum atomic E-state index is 12.2. The van der Waals surface area contributed by atoms with E-state index in [1.807, 2.05) is 0 Å². The molecule has 2 N–H and O–H groups in total. The highest BCUT2D eigenvalue weighted by molar-refractivity contribution is 7.07. The monoisotopic (exact) mass is 431 g/mol. The molecule has 2 aromatic carbocycles. The number of hydrogen-bond donors (Lipinski definition) is 2. The van der Waals surface area contributed by atoms with Gasteiger partial charge in [-0.3, -0.25) is 29.8 Å². The number of nitrogens with one attached hydrogen (secondary N) is 2. The number of halogens is 1. The number of aromatic nitrogens is 1. The van der Waals surface area contributed by atoms with Crippen molar-refractivity contribution in [1.29, 1.82) is 0 Å². The number of aryl methyl sites for hydroxylation is 1. The van der Waals surface area contributed by atoms with E-state index in [1.54, 1.807) is 60.8 Å². The molecule has 0 bridgehead atoms. The minimum Gasteiger partial charge on any atom is -0.489 e. The van der Waals surface area contributed by atoms with Gasteiger partial charge >= 0.3 is 4.87 Å². The lowest BCUT2D eigenvalue weighted by Gasteiger charge is -2.09. The van der Waals surface area contributed by atoms with Gasteiger partial charge in [-0.1, -0.05) is 35.1 Å². The molecule has 0 unspecified atom stereocenters. The fraction of sp³-hybridized carbons (Fsp3) is 0.150. The van der Waals surface area contributed by atoms with Crippen molar-refractivity contribution in [3.63, 3.8) is 0 Å². The molecule has 0 aliphatic carbocycles. The van der Waals surface area contributed by atoms with Crippen LogP contribution in [0, 0.1) is 6.92 Å². The maximum absolute atomic E-state index is 12.2. The first-order valence-electron chi connectivity index (χ1n) is 8.64. The van der Waals surface area contributed by atoms with Crippen LogP contribution < -0.4 is 20.5 Å². The summed E-state index contributed by atoms with van der Waals surface area (Å²) < 4.78 is 6.99. The number of hydrazine groups is 1. The molecule has 29 heavy (non-hydrogen) atoms. The molecule has 9 heteroatoms. The Morgan fingerprint density at radius 3 is 2.38 bits per heavy atom. The predicted octanol–water partition coefficient (Wildman–Crippen LogP) is 2.91. The number of benzene rings is 2. The van der Waals surface area contributed by atoms with E-state index in [9.17, 15) is 14.4 Å². The van der Waals surface area contributed by atoms with Crippen LogP contribution in [0.2, 0.25) is 5.02 Å². The number of amides is 2. The van der Waals surface area contributed by atoms with Crippen molar-refractivity contribution < 1.29 is 14.3 Å². The quantitative estimate of drug-likeness (QED) is 0.587. The van der Waals surface area contributed by atoms with Crippen molar-refractivity contribution in [2.24, 2.45) is 0 Å². The Hall–Kier alpha value is -3.10. The Balaban J connectivity index is 1.49. The van der Waals surface area contributed by atoms with Crippen LogP contribution >= 0.6 is 22.9 Å².